The molecule has 0 aliphatic heterocycles. The van der Waals surface area contributed by atoms with E-state index in [1.807, 2.05) is 6.08 Å². The van der Waals surface area contributed by atoms with Gasteiger partial charge in [-0.05, 0) is 6.42 Å². The topological polar surface area (TPSA) is 57.5 Å². The molecule has 1 atom stereocenters. The molecule has 0 amide bonds. The van der Waals surface area contributed by atoms with Crippen LogP contribution in [0.5, 0.6) is 0 Å². The molecule has 0 bridgehead atoms. The fourth-order valence-electron chi connectivity index (χ4n) is 1.03. The van der Waals surface area contributed by atoms with Crippen LogP contribution in [0.1, 0.15) is 6.42 Å². The number of hydrogen-bond donors (Lipinski definition) is 2. The van der Waals surface area contributed by atoms with E-state index in [9.17, 15) is 4.79 Å². The van der Waals surface area contributed by atoms with E-state index in [4.69, 9.17) is 10.2 Å². The third-order valence-electron chi connectivity index (χ3n) is 1.67. The normalized spacial score (nSPS) is 23.0. The molecule has 3 nitrogen and oxygen atoms in total. The van der Waals surface area contributed by atoms with Crippen molar-refractivity contribution in [1.29, 1.82) is 0 Å². The summed E-state index contributed by atoms with van der Waals surface area (Å²) in [5.41, 5.74) is 0.367. The standard InChI is InChI=1S/C8H10O3/c9-5-6-2-1-3-7(4-6)8(10)11/h1-3,6,9H,4-5H2,(H,10,11). The molecular weight excluding hydrogens is 144 g/mol. The average molecular weight is 154 g/mol. The molecule has 0 saturated heterocycles. The number of carboxylic acids is 1. The van der Waals surface area contributed by atoms with Crippen LogP contribution < -0.4 is 0 Å². The van der Waals surface area contributed by atoms with Crippen molar-refractivity contribution in [2.45, 2.75) is 6.42 Å². The minimum absolute atomic E-state index is 0.0150. The zero-order valence-electron chi connectivity index (χ0n) is 6.03. The SMILES string of the molecule is O=C(O)C1=CC=CC(CO)C1. The van der Waals surface area contributed by atoms with E-state index >= 15 is 0 Å². The van der Waals surface area contributed by atoms with E-state index < -0.39 is 5.97 Å². The Balaban J connectivity index is 2.64. The van der Waals surface area contributed by atoms with Gasteiger partial charge in [-0.1, -0.05) is 18.2 Å². The first-order valence-electron chi connectivity index (χ1n) is 3.45. The van der Waals surface area contributed by atoms with Gasteiger partial charge in [0.25, 0.3) is 0 Å². The van der Waals surface area contributed by atoms with Gasteiger partial charge in [-0.2, -0.15) is 0 Å². The van der Waals surface area contributed by atoms with Crippen molar-refractivity contribution in [3.05, 3.63) is 23.8 Å². The lowest BCUT2D eigenvalue weighted by Crippen LogP contribution is -2.11. The predicted octanol–water partition coefficient (Wildman–Crippen LogP) is 0.566. The van der Waals surface area contributed by atoms with E-state index in [1.165, 1.54) is 0 Å². The molecule has 11 heavy (non-hydrogen) atoms. The van der Waals surface area contributed by atoms with Crippen LogP contribution in [-0.4, -0.2) is 22.8 Å². The lowest BCUT2D eigenvalue weighted by molar-refractivity contribution is -0.132. The van der Waals surface area contributed by atoms with Gasteiger partial charge in [0, 0.05) is 18.1 Å². The third-order valence-corrected chi connectivity index (χ3v) is 1.67. The number of aliphatic hydroxyl groups excluding tert-OH is 1. The first-order valence-corrected chi connectivity index (χ1v) is 3.45. The van der Waals surface area contributed by atoms with Gasteiger partial charge in [-0.25, -0.2) is 4.79 Å². The highest BCUT2D eigenvalue weighted by Crippen LogP contribution is 2.17. The van der Waals surface area contributed by atoms with Crippen molar-refractivity contribution < 1.29 is 15.0 Å². The molecule has 0 aromatic carbocycles. The quantitative estimate of drug-likeness (QED) is 0.611. The van der Waals surface area contributed by atoms with E-state index in [-0.39, 0.29) is 12.5 Å². The molecule has 3 heteroatoms. The summed E-state index contributed by atoms with van der Waals surface area (Å²) in [6, 6.07) is 0. The van der Waals surface area contributed by atoms with Crippen LogP contribution in [0.4, 0.5) is 0 Å². The minimum atomic E-state index is -0.896. The lowest BCUT2D eigenvalue weighted by atomic mass is 9.95. The average Bonchev–Trinajstić information content (AvgIpc) is 2.05. The number of rotatable bonds is 2. The van der Waals surface area contributed by atoms with Gasteiger partial charge in [0.2, 0.25) is 0 Å². The van der Waals surface area contributed by atoms with Gasteiger partial charge < -0.3 is 10.2 Å². The van der Waals surface area contributed by atoms with E-state index in [0.717, 1.165) is 0 Å². The van der Waals surface area contributed by atoms with E-state index in [2.05, 4.69) is 0 Å². The highest BCUT2D eigenvalue weighted by molar-refractivity contribution is 5.87. The van der Waals surface area contributed by atoms with E-state index in [1.54, 1.807) is 12.2 Å². The maximum absolute atomic E-state index is 10.4. The van der Waals surface area contributed by atoms with Gasteiger partial charge in [0.15, 0.2) is 0 Å². The summed E-state index contributed by atoms with van der Waals surface area (Å²) in [6.07, 6.45) is 5.48. The maximum atomic E-state index is 10.4. The highest BCUT2D eigenvalue weighted by atomic mass is 16.4. The van der Waals surface area contributed by atoms with Crippen molar-refractivity contribution in [1.82, 2.24) is 0 Å². The molecule has 0 heterocycles. The molecule has 0 radical (unpaired) electrons. The Kier molecular flexibility index (Phi) is 2.44. The summed E-state index contributed by atoms with van der Waals surface area (Å²) < 4.78 is 0. The van der Waals surface area contributed by atoms with Crippen molar-refractivity contribution >= 4 is 5.97 Å². The van der Waals surface area contributed by atoms with Gasteiger partial charge in [-0.15, -0.1) is 0 Å². The zero-order chi connectivity index (χ0) is 8.27. The summed E-state index contributed by atoms with van der Waals surface area (Å²) in [7, 11) is 0. The Hall–Kier alpha value is -1.09. The van der Waals surface area contributed by atoms with Crippen LogP contribution in [0.2, 0.25) is 0 Å². The summed E-state index contributed by atoms with van der Waals surface area (Å²) in [5.74, 6) is -0.918. The van der Waals surface area contributed by atoms with Crippen molar-refractivity contribution in [3.63, 3.8) is 0 Å². The zero-order valence-corrected chi connectivity index (χ0v) is 6.03. The smallest absolute Gasteiger partial charge is 0.331 e. The number of aliphatic carboxylic acids is 1. The molecule has 1 aliphatic carbocycles. The van der Waals surface area contributed by atoms with E-state index in [0.29, 0.717) is 12.0 Å². The minimum Gasteiger partial charge on any atom is -0.478 e. The third kappa shape index (κ3) is 1.91. The Labute approximate surface area is 64.7 Å². The van der Waals surface area contributed by atoms with Crippen molar-refractivity contribution in [3.8, 4) is 0 Å². The number of carbonyl (C=O) groups is 1. The molecule has 60 valence electrons. The fourth-order valence-corrected chi connectivity index (χ4v) is 1.03. The second-order valence-corrected chi connectivity index (χ2v) is 2.53. The monoisotopic (exact) mass is 154 g/mol. The van der Waals surface area contributed by atoms with Gasteiger partial charge in [-0.3, -0.25) is 0 Å². The molecule has 1 unspecified atom stereocenters. The molecular formula is C8H10O3. The maximum Gasteiger partial charge on any atom is 0.331 e. The van der Waals surface area contributed by atoms with Crippen LogP contribution in [0.3, 0.4) is 0 Å². The molecule has 1 rings (SSSR count). The summed E-state index contributed by atoms with van der Waals surface area (Å²) in [6.45, 7) is 0.0150. The largest absolute Gasteiger partial charge is 0.478 e. The molecule has 2 N–H and O–H groups in total. The highest BCUT2D eigenvalue weighted by Gasteiger charge is 2.14. The van der Waals surface area contributed by atoms with Crippen molar-refractivity contribution in [2.24, 2.45) is 5.92 Å². The Bertz CT molecular complexity index is 215. The Morgan fingerprint density at radius 1 is 1.73 bits per heavy atom. The van der Waals surface area contributed by atoms with Crippen LogP contribution in [-0.2, 0) is 4.79 Å². The lowest BCUT2D eigenvalue weighted by Gasteiger charge is -2.12. The molecule has 0 fully saturated rings. The molecule has 0 spiro atoms. The van der Waals surface area contributed by atoms with Gasteiger partial charge in [0.05, 0.1) is 0 Å². The van der Waals surface area contributed by atoms with Crippen LogP contribution in [0.25, 0.3) is 0 Å². The van der Waals surface area contributed by atoms with Gasteiger partial charge in [0.1, 0.15) is 0 Å². The first-order chi connectivity index (χ1) is 5.24. The Morgan fingerprint density at radius 2 is 2.45 bits per heavy atom. The predicted molar refractivity (Wildman–Crippen MR) is 40.1 cm³/mol. The number of aliphatic hydroxyl groups is 1. The number of carboxylic acid groups (broad SMARTS) is 1. The number of allylic oxidation sites excluding steroid dienone is 2. The van der Waals surface area contributed by atoms with Crippen LogP contribution in [0, 0.1) is 5.92 Å². The molecule has 0 saturated carbocycles. The first kappa shape index (κ1) is 8.01. The van der Waals surface area contributed by atoms with Gasteiger partial charge >= 0.3 is 5.97 Å². The van der Waals surface area contributed by atoms with Crippen LogP contribution in [0.15, 0.2) is 23.8 Å². The van der Waals surface area contributed by atoms with Crippen molar-refractivity contribution in [2.75, 3.05) is 6.61 Å². The number of hydrogen-bond acceptors (Lipinski definition) is 2. The molecule has 0 aromatic rings. The summed E-state index contributed by atoms with van der Waals surface area (Å²) in [5, 5.41) is 17.3. The summed E-state index contributed by atoms with van der Waals surface area (Å²) >= 11 is 0. The molecule has 0 aromatic heterocycles. The molecule has 1 aliphatic rings. The fraction of sp³-hybridized carbons (Fsp3) is 0.375. The van der Waals surface area contributed by atoms with Crippen LogP contribution >= 0.6 is 0 Å². The second-order valence-electron chi connectivity index (χ2n) is 2.53. The second kappa shape index (κ2) is 3.34. The summed E-state index contributed by atoms with van der Waals surface area (Å²) in [4.78, 5) is 10.4. The Morgan fingerprint density at radius 3 is 3.00 bits per heavy atom.